The van der Waals surface area contributed by atoms with E-state index in [-0.39, 0.29) is 16.1 Å². The van der Waals surface area contributed by atoms with Gasteiger partial charge in [-0.1, -0.05) is 50.0 Å². The summed E-state index contributed by atoms with van der Waals surface area (Å²) in [5.74, 6) is -1.65. The van der Waals surface area contributed by atoms with Crippen LogP contribution in [0.3, 0.4) is 0 Å². The standard InChI is InChI=1S/C18H16N2O3S2/c1-10(2)15(17(22)23)20-16(21)14(25-18(20)24)9-11-5-6-13-12(8-11)4-3-7-19-13/h3-10,15H,1-2H3,(H,22,23)/b14-9+/t15-/m1/s1. The SMILES string of the molecule is CC(C)[C@H](C(=O)O)N1C(=O)/C(=C\c2ccc3ncccc3c2)SC1=S. The highest BCUT2D eigenvalue weighted by Gasteiger charge is 2.41. The monoisotopic (exact) mass is 372 g/mol. The number of nitrogens with zero attached hydrogens (tertiary/aromatic N) is 2. The van der Waals surface area contributed by atoms with Crippen molar-refractivity contribution in [3.63, 3.8) is 0 Å². The van der Waals surface area contributed by atoms with Gasteiger partial charge in [-0.3, -0.25) is 14.7 Å². The first-order valence-electron chi connectivity index (χ1n) is 7.73. The van der Waals surface area contributed by atoms with Crippen LogP contribution in [0.5, 0.6) is 0 Å². The molecular formula is C18H16N2O3S2. The summed E-state index contributed by atoms with van der Waals surface area (Å²) >= 11 is 6.39. The lowest BCUT2D eigenvalue weighted by Crippen LogP contribution is -2.47. The number of carboxylic acid groups (broad SMARTS) is 1. The van der Waals surface area contributed by atoms with Gasteiger partial charge >= 0.3 is 5.97 Å². The van der Waals surface area contributed by atoms with Gasteiger partial charge in [0, 0.05) is 11.6 Å². The third kappa shape index (κ3) is 3.43. The molecular weight excluding hydrogens is 356 g/mol. The molecule has 1 aliphatic heterocycles. The Hall–Kier alpha value is -2.25. The van der Waals surface area contributed by atoms with Crippen molar-refractivity contribution in [2.24, 2.45) is 5.92 Å². The number of aliphatic carboxylic acids is 1. The summed E-state index contributed by atoms with van der Waals surface area (Å²) in [5, 5.41) is 10.4. The number of thiocarbonyl (C=S) groups is 1. The lowest BCUT2D eigenvalue weighted by Gasteiger charge is -2.26. The van der Waals surface area contributed by atoms with Crippen LogP contribution in [0.2, 0.25) is 0 Å². The van der Waals surface area contributed by atoms with Gasteiger partial charge in [-0.05, 0) is 35.8 Å². The Morgan fingerprint density at radius 3 is 2.80 bits per heavy atom. The third-order valence-corrected chi connectivity index (χ3v) is 5.24. The van der Waals surface area contributed by atoms with Crippen molar-refractivity contribution >= 4 is 57.2 Å². The topological polar surface area (TPSA) is 70.5 Å². The minimum absolute atomic E-state index is 0.244. The first-order valence-corrected chi connectivity index (χ1v) is 8.95. The number of fused-ring (bicyclic) bond motifs is 1. The van der Waals surface area contributed by atoms with Gasteiger partial charge in [-0.15, -0.1) is 0 Å². The first kappa shape index (κ1) is 17.6. The van der Waals surface area contributed by atoms with Crippen LogP contribution >= 0.6 is 24.0 Å². The number of benzene rings is 1. The molecule has 1 amide bonds. The van der Waals surface area contributed by atoms with Crippen LogP contribution in [0, 0.1) is 5.92 Å². The summed E-state index contributed by atoms with van der Waals surface area (Å²) in [5.41, 5.74) is 1.72. The number of hydrogen-bond donors (Lipinski definition) is 1. The van der Waals surface area contributed by atoms with E-state index in [2.05, 4.69) is 4.98 Å². The maximum atomic E-state index is 12.7. The van der Waals surface area contributed by atoms with Crippen molar-refractivity contribution < 1.29 is 14.7 Å². The molecule has 2 heterocycles. The van der Waals surface area contributed by atoms with E-state index in [1.54, 1.807) is 26.1 Å². The molecule has 0 bridgehead atoms. The summed E-state index contributed by atoms with van der Waals surface area (Å²) < 4.78 is 0.278. The second-order valence-corrected chi connectivity index (χ2v) is 7.71. The number of amides is 1. The Balaban J connectivity index is 1.95. The Morgan fingerprint density at radius 1 is 1.36 bits per heavy atom. The van der Waals surface area contributed by atoms with E-state index in [0.29, 0.717) is 4.91 Å². The Labute approximate surface area is 154 Å². The number of hydrogen-bond acceptors (Lipinski definition) is 5. The molecule has 1 saturated heterocycles. The molecule has 0 spiro atoms. The average Bonchev–Trinajstić information content (AvgIpc) is 2.82. The van der Waals surface area contributed by atoms with Crippen molar-refractivity contribution in [3.05, 3.63) is 47.0 Å². The van der Waals surface area contributed by atoms with E-state index in [4.69, 9.17) is 12.2 Å². The van der Waals surface area contributed by atoms with Gasteiger partial charge in [-0.25, -0.2) is 4.79 Å². The summed E-state index contributed by atoms with van der Waals surface area (Å²) in [6, 6.07) is 8.54. The lowest BCUT2D eigenvalue weighted by molar-refractivity contribution is -0.146. The van der Waals surface area contributed by atoms with Crippen LogP contribution in [-0.2, 0) is 9.59 Å². The first-order chi connectivity index (χ1) is 11.9. The van der Waals surface area contributed by atoms with Gasteiger partial charge in [0.2, 0.25) is 0 Å². The molecule has 1 aromatic heterocycles. The molecule has 0 saturated carbocycles. The molecule has 1 fully saturated rings. The predicted molar refractivity (Wildman–Crippen MR) is 103 cm³/mol. The van der Waals surface area contributed by atoms with Crippen molar-refractivity contribution in [2.45, 2.75) is 19.9 Å². The van der Waals surface area contributed by atoms with Gasteiger partial charge in [0.1, 0.15) is 10.4 Å². The Kier molecular flexibility index (Phi) is 4.87. The van der Waals surface area contributed by atoms with Gasteiger partial charge in [0.05, 0.1) is 10.4 Å². The number of carbonyl (C=O) groups excluding carboxylic acids is 1. The zero-order valence-electron chi connectivity index (χ0n) is 13.7. The number of aromatic nitrogens is 1. The van der Waals surface area contributed by atoms with Crippen LogP contribution in [0.15, 0.2) is 41.4 Å². The highest BCUT2D eigenvalue weighted by atomic mass is 32.2. The molecule has 1 atom stereocenters. The predicted octanol–water partition coefficient (Wildman–Crippen LogP) is 3.55. The highest BCUT2D eigenvalue weighted by molar-refractivity contribution is 8.26. The minimum atomic E-state index is -1.05. The van der Waals surface area contributed by atoms with Crippen molar-refractivity contribution in [1.82, 2.24) is 9.88 Å². The van der Waals surface area contributed by atoms with Crippen molar-refractivity contribution in [2.75, 3.05) is 0 Å². The molecule has 0 aliphatic carbocycles. The number of carbonyl (C=O) groups is 2. The molecule has 25 heavy (non-hydrogen) atoms. The second-order valence-electron chi connectivity index (χ2n) is 6.03. The largest absolute Gasteiger partial charge is 0.480 e. The highest BCUT2D eigenvalue weighted by Crippen LogP contribution is 2.35. The van der Waals surface area contributed by atoms with E-state index in [1.807, 2.05) is 30.3 Å². The minimum Gasteiger partial charge on any atom is -0.480 e. The van der Waals surface area contributed by atoms with Gasteiger partial charge < -0.3 is 5.11 Å². The normalized spacial score (nSPS) is 17.7. The number of pyridine rings is 1. The molecule has 1 aromatic carbocycles. The van der Waals surface area contributed by atoms with E-state index < -0.39 is 12.0 Å². The molecule has 128 valence electrons. The number of thioether (sulfide) groups is 1. The fourth-order valence-corrected chi connectivity index (χ4v) is 4.08. The fourth-order valence-electron chi connectivity index (χ4n) is 2.75. The number of carboxylic acids is 1. The molecule has 0 unspecified atom stereocenters. The summed E-state index contributed by atoms with van der Waals surface area (Å²) in [6.45, 7) is 3.52. The number of rotatable bonds is 4. The van der Waals surface area contributed by atoms with Gasteiger partial charge in [0.15, 0.2) is 0 Å². The molecule has 1 aliphatic rings. The third-order valence-electron chi connectivity index (χ3n) is 3.91. The molecule has 1 N–H and O–H groups in total. The van der Waals surface area contributed by atoms with Crippen LogP contribution in [0.4, 0.5) is 0 Å². The van der Waals surface area contributed by atoms with Gasteiger partial charge in [-0.2, -0.15) is 0 Å². The Bertz CT molecular complexity index is 908. The van der Waals surface area contributed by atoms with Gasteiger partial charge in [0.25, 0.3) is 5.91 Å². The van der Waals surface area contributed by atoms with E-state index in [0.717, 1.165) is 28.2 Å². The van der Waals surface area contributed by atoms with E-state index >= 15 is 0 Å². The van der Waals surface area contributed by atoms with Crippen LogP contribution in [-0.4, -0.2) is 37.2 Å². The van der Waals surface area contributed by atoms with Crippen molar-refractivity contribution in [3.8, 4) is 0 Å². The molecule has 5 nitrogen and oxygen atoms in total. The van der Waals surface area contributed by atoms with Crippen molar-refractivity contribution in [1.29, 1.82) is 0 Å². The van der Waals surface area contributed by atoms with Crippen LogP contribution in [0.25, 0.3) is 17.0 Å². The molecule has 0 radical (unpaired) electrons. The van der Waals surface area contributed by atoms with Crippen LogP contribution in [0.1, 0.15) is 19.4 Å². The fraction of sp³-hybridized carbons (Fsp3) is 0.222. The van der Waals surface area contributed by atoms with E-state index in [1.165, 1.54) is 4.90 Å². The summed E-state index contributed by atoms with van der Waals surface area (Å²) in [7, 11) is 0. The summed E-state index contributed by atoms with van der Waals surface area (Å²) in [4.78, 5) is 30.2. The maximum Gasteiger partial charge on any atom is 0.327 e. The van der Waals surface area contributed by atoms with Crippen LogP contribution < -0.4 is 0 Å². The molecule has 3 rings (SSSR count). The second kappa shape index (κ2) is 6.93. The lowest BCUT2D eigenvalue weighted by atomic mass is 10.0. The molecule has 2 aromatic rings. The maximum absolute atomic E-state index is 12.7. The molecule has 7 heteroatoms. The Morgan fingerprint density at radius 2 is 2.12 bits per heavy atom. The smallest absolute Gasteiger partial charge is 0.327 e. The summed E-state index contributed by atoms with van der Waals surface area (Å²) in [6.07, 6.45) is 3.47. The van der Waals surface area contributed by atoms with E-state index in [9.17, 15) is 14.7 Å². The zero-order chi connectivity index (χ0) is 18.1. The quantitative estimate of drug-likeness (QED) is 0.654. The average molecular weight is 372 g/mol. The zero-order valence-corrected chi connectivity index (χ0v) is 15.3.